The molecule has 1 atom stereocenters. The van der Waals surface area contributed by atoms with Gasteiger partial charge >= 0.3 is 0 Å². The molecule has 1 fully saturated rings. The fourth-order valence-electron chi connectivity index (χ4n) is 1.64. The van der Waals surface area contributed by atoms with E-state index in [1.165, 1.54) is 0 Å². The van der Waals surface area contributed by atoms with Crippen molar-refractivity contribution in [2.45, 2.75) is 18.9 Å². The summed E-state index contributed by atoms with van der Waals surface area (Å²) < 4.78 is 0. The molecule has 1 aromatic rings. The minimum absolute atomic E-state index is 0.00931. The van der Waals surface area contributed by atoms with Gasteiger partial charge in [-0.2, -0.15) is 0 Å². The number of rotatable bonds is 1. The number of carbonyl (C=O) groups excluding carboxylic acids is 1. The normalized spacial score (nSPS) is 22.4. The molecule has 14 heavy (non-hydrogen) atoms. The van der Waals surface area contributed by atoms with E-state index in [2.05, 4.69) is 10.3 Å². The van der Waals surface area contributed by atoms with E-state index < -0.39 is 0 Å². The zero-order valence-corrected chi connectivity index (χ0v) is 8.42. The average molecular weight is 211 g/mol. The molecule has 0 aliphatic carbocycles. The van der Waals surface area contributed by atoms with E-state index in [0.29, 0.717) is 17.9 Å². The first-order valence-electron chi connectivity index (χ1n) is 4.63. The summed E-state index contributed by atoms with van der Waals surface area (Å²) in [6.45, 7) is 0.719. The van der Waals surface area contributed by atoms with Gasteiger partial charge < -0.3 is 5.32 Å². The van der Waals surface area contributed by atoms with Crippen molar-refractivity contribution in [1.29, 1.82) is 0 Å². The largest absolute Gasteiger partial charge is 0.308 e. The molecule has 2 rings (SSSR count). The zero-order valence-electron chi connectivity index (χ0n) is 7.66. The second-order valence-corrected chi connectivity index (χ2v) is 3.78. The Hall–Kier alpha value is -0.930. The van der Waals surface area contributed by atoms with Gasteiger partial charge in [0.1, 0.15) is 5.78 Å². The molecule has 0 bridgehead atoms. The van der Waals surface area contributed by atoms with Crippen molar-refractivity contribution in [3.05, 3.63) is 29.0 Å². The number of aromatic nitrogens is 1. The molecular formula is C10H11ClN2O. The first-order chi connectivity index (χ1) is 6.77. The van der Waals surface area contributed by atoms with E-state index in [-0.39, 0.29) is 11.8 Å². The Kier molecular flexibility index (Phi) is 2.79. The van der Waals surface area contributed by atoms with Crippen LogP contribution in [0.4, 0.5) is 0 Å². The molecule has 0 amide bonds. The highest BCUT2D eigenvalue weighted by atomic mass is 35.5. The van der Waals surface area contributed by atoms with Gasteiger partial charge in [-0.15, -0.1) is 0 Å². The number of ketones is 1. The number of Topliss-reactive ketones (excluding diaryl/α,β-unsaturated/α-hetero) is 1. The fraction of sp³-hybridized carbons (Fsp3) is 0.400. The van der Waals surface area contributed by atoms with Gasteiger partial charge in [0.05, 0.1) is 16.8 Å². The molecule has 0 aromatic carbocycles. The number of pyridine rings is 1. The number of hydrogen-bond donors (Lipinski definition) is 1. The lowest BCUT2D eigenvalue weighted by molar-refractivity contribution is -0.120. The fourth-order valence-corrected chi connectivity index (χ4v) is 1.89. The summed E-state index contributed by atoms with van der Waals surface area (Å²) in [4.78, 5) is 15.4. The number of nitrogens with zero attached hydrogens (tertiary/aromatic N) is 1. The third-order valence-corrected chi connectivity index (χ3v) is 2.66. The Morgan fingerprint density at radius 1 is 1.57 bits per heavy atom. The molecule has 1 aliphatic rings. The van der Waals surface area contributed by atoms with E-state index >= 15 is 0 Å². The minimum Gasteiger partial charge on any atom is -0.308 e. The van der Waals surface area contributed by atoms with Gasteiger partial charge in [0.2, 0.25) is 0 Å². The third kappa shape index (κ3) is 1.94. The van der Waals surface area contributed by atoms with Crippen molar-refractivity contribution in [2.75, 3.05) is 6.54 Å². The maximum atomic E-state index is 11.2. The lowest BCUT2D eigenvalue weighted by atomic mass is 10.0. The van der Waals surface area contributed by atoms with E-state index in [1.807, 2.05) is 0 Å². The first kappa shape index (κ1) is 9.62. The second-order valence-electron chi connectivity index (χ2n) is 3.37. The number of halogens is 1. The van der Waals surface area contributed by atoms with Gasteiger partial charge in [0.15, 0.2) is 0 Å². The Morgan fingerprint density at radius 2 is 2.43 bits per heavy atom. The van der Waals surface area contributed by atoms with Gasteiger partial charge in [-0.05, 0) is 12.1 Å². The van der Waals surface area contributed by atoms with Gasteiger partial charge in [-0.1, -0.05) is 11.6 Å². The van der Waals surface area contributed by atoms with E-state index in [1.54, 1.807) is 18.3 Å². The van der Waals surface area contributed by atoms with Crippen LogP contribution in [0.1, 0.15) is 24.6 Å². The highest BCUT2D eigenvalue weighted by Crippen LogP contribution is 2.25. The summed E-state index contributed by atoms with van der Waals surface area (Å²) in [6, 6.07) is 3.58. The number of carbonyl (C=O) groups is 1. The molecule has 0 radical (unpaired) electrons. The topological polar surface area (TPSA) is 42.0 Å². The molecule has 0 spiro atoms. The number of nitrogens with one attached hydrogen (secondary N) is 1. The van der Waals surface area contributed by atoms with Gasteiger partial charge in [-0.25, -0.2) is 0 Å². The molecule has 1 N–H and O–H groups in total. The monoisotopic (exact) mass is 210 g/mol. The molecular weight excluding hydrogens is 200 g/mol. The lowest BCUT2D eigenvalue weighted by Crippen LogP contribution is -2.32. The molecule has 1 aliphatic heterocycles. The van der Waals surface area contributed by atoms with Crippen molar-refractivity contribution < 1.29 is 4.79 Å². The molecule has 0 saturated carbocycles. The predicted octanol–water partition coefficient (Wildman–Crippen LogP) is 1.73. The second kappa shape index (κ2) is 4.07. The van der Waals surface area contributed by atoms with Crippen molar-refractivity contribution in [2.24, 2.45) is 0 Å². The first-order valence-corrected chi connectivity index (χ1v) is 5.00. The average Bonchev–Trinajstić information content (AvgIpc) is 2.18. The standard InChI is InChI=1S/C10H11ClN2O/c11-8-2-1-4-13-10(8)9-6-7(14)3-5-12-9/h1-2,4,9,12H,3,5-6H2. The van der Waals surface area contributed by atoms with Crippen LogP contribution in [0.2, 0.25) is 5.02 Å². The molecule has 3 nitrogen and oxygen atoms in total. The van der Waals surface area contributed by atoms with E-state index in [4.69, 9.17) is 11.6 Å². The van der Waals surface area contributed by atoms with Crippen LogP contribution >= 0.6 is 11.6 Å². The molecule has 2 heterocycles. The quantitative estimate of drug-likeness (QED) is 0.768. The predicted molar refractivity (Wildman–Crippen MR) is 54.2 cm³/mol. The van der Waals surface area contributed by atoms with Crippen LogP contribution in [0.25, 0.3) is 0 Å². The summed E-state index contributed by atoms with van der Waals surface area (Å²) in [5.41, 5.74) is 0.780. The summed E-state index contributed by atoms with van der Waals surface area (Å²) in [7, 11) is 0. The molecule has 1 aromatic heterocycles. The molecule has 74 valence electrons. The number of hydrogen-bond acceptors (Lipinski definition) is 3. The van der Waals surface area contributed by atoms with Gasteiger partial charge in [0.25, 0.3) is 0 Å². The van der Waals surface area contributed by atoms with Crippen LogP contribution in [0, 0.1) is 0 Å². The SMILES string of the molecule is O=C1CCNC(c2ncccc2Cl)C1. The van der Waals surface area contributed by atoms with Crippen molar-refractivity contribution in [1.82, 2.24) is 10.3 Å². The molecule has 1 unspecified atom stereocenters. The summed E-state index contributed by atoms with van der Waals surface area (Å²) >= 11 is 5.99. The maximum Gasteiger partial charge on any atom is 0.136 e. The zero-order chi connectivity index (χ0) is 9.97. The maximum absolute atomic E-state index is 11.2. The summed E-state index contributed by atoms with van der Waals surface area (Å²) in [6.07, 6.45) is 2.81. The van der Waals surface area contributed by atoms with Crippen LogP contribution in [0.15, 0.2) is 18.3 Å². The van der Waals surface area contributed by atoms with Crippen molar-refractivity contribution >= 4 is 17.4 Å². The number of piperidine rings is 1. The van der Waals surface area contributed by atoms with Crippen LogP contribution in [0.5, 0.6) is 0 Å². The molecule has 1 saturated heterocycles. The van der Waals surface area contributed by atoms with E-state index in [0.717, 1.165) is 12.2 Å². The smallest absolute Gasteiger partial charge is 0.136 e. The Morgan fingerprint density at radius 3 is 3.14 bits per heavy atom. The van der Waals surface area contributed by atoms with E-state index in [9.17, 15) is 4.79 Å². The van der Waals surface area contributed by atoms with Crippen molar-refractivity contribution in [3.63, 3.8) is 0 Å². The Labute approximate surface area is 87.5 Å². The molecule has 4 heteroatoms. The summed E-state index contributed by atoms with van der Waals surface area (Å²) in [5.74, 6) is 0.274. The lowest BCUT2D eigenvalue weighted by Gasteiger charge is -2.22. The van der Waals surface area contributed by atoms with Gasteiger partial charge in [0, 0.05) is 25.6 Å². The highest BCUT2D eigenvalue weighted by Gasteiger charge is 2.22. The Balaban J connectivity index is 2.22. The third-order valence-electron chi connectivity index (χ3n) is 2.34. The van der Waals surface area contributed by atoms with Gasteiger partial charge in [-0.3, -0.25) is 9.78 Å². The van der Waals surface area contributed by atoms with Crippen LogP contribution in [-0.4, -0.2) is 17.3 Å². The minimum atomic E-state index is -0.00931. The highest BCUT2D eigenvalue weighted by molar-refractivity contribution is 6.31. The Bertz CT molecular complexity index is 354. The summed E-state index contributed by atoms with van der Waals surface area (Å²) in [5, 5.41) is 3.86. The van der Waals surface area contributed by atoms with Crippen LogP contribution in [0.3, 0.4) is 0 Å². The van der Waals surface area contributed by atoms with Crippen LogP contribution in [-0.2, 0) is 4.79 Å². The van der Waals surface area contributed by atoms with Crippen LogP contribution < -0.4 is 5.32 Å². The van der Waals surface area contributed by atoms with Crippen molar-refractivity contribution in [3.8, 4) is 0 Å².